The molecule has 4 rings (SSSR count). The number of carbonyl (C=O) groups excluding carboxylic acids is 1. The van der Waals surface area contributed by atoms with E-state index in [-0.39, 0.29) is 12.0 Å². The number of nitrogens with one attached hydrogen (secondary N) is 1. The quantitative estimate of drug-likeness (QED) is 0.778. The van der Waals surface area contributed by atoms with Gasteiger partial charge >= 0.3 is 0 Å². The molecule has 0 spiro atoms. The maximum absolute atomic E-state index is 12.8. The molecule has 0 radical (unpaired) electrons. The van der Waals surface area contributed by atoms with Crippen molar-refractivity contribution >= 4 is 23.2 Å². The molecular weight excluding hydrogens is 338 g/mol. The minimum atomic E-state index is -0.191. The molecule has 0 unspecified atom stereocenters. The van der Waals surface area contributed by atoms with Crippen LogP contribution in [-0.2, 0) is 4.74 Å². The first-order valence-corrected chi connectivity index (χ1v) is 8.73. The number of fused-ring (bicyclic) bond motifs is 1. The molecule has 0 aliphatic carbocycles. The Morgan fingerprint density at radius 3 is 2.88 bits per heavy atom. The highest BCUT2D eigenvalue weighted by Gasteiger charge is 2.22. The summed E-state index contributed by atoms with van der Waals surface area (Å²) in [5.41, 5.74) is 2.80. The molecule has 1 aliphatic heterocycles. The molecule has 1 aromatic carbocycles. The Labute approximate surface area is 150 Å². The topological polar surface area (TPSA) is 55.6 Å². The average molecular weight is 356 g/mol. The number of rotatable bonds is 4. The summed E-state index contributed by atoms with van der Waals surface area (Å²) in [6, 6.07) is 13.1. The van der Waals surface area contributed by atoms with Gasteiger partial charge in [-0.1, -0.05) is 29.8 Å². The highest BCUT2D eigenvalue weighted by atomic mass is 35.5. The number of ether oxygens (including phenoxy) is 1. The maximum Gasteiger partial charge on any atom is 0.272 e. The van der Waals surface area contributed by atoms with E-state index >= 15 is 0 Å². The lowest BCUT2D eigenvalue weighted by molar-refractivity contribution is 0.0855. The summed E-state index contributed by atoms with van der Waals surface area (Å²) < 4.78 is 7.49. The Morgan fingerprint density at radius 1 is 1.28 bits per heavy atom. The van der Waals surface area contributed by atoms with Crippen molar-refractivity contribution in [1.29, 1.82) is 0 Å². The van der Waals surface area contributed by atoms with Crippen molar-refractivity contribution in [3.8, 4) is 11.3 Å². The molecule has 3 aromatic rings. The number of benzene rings is 1. The summed E-state index contributed by atoms with van der Waals surface area (Å²) in [6.07, 6.45) is 4.03. The van der Waals surface area contributed by atoms with Crippen LogP contribution in [0.4, 0.5) is 0 Å². The lowest BCUT2D eigenvalue weighted by atomic mass is 10.1. The molecular formula is C19H18ClN3O2. The monoisotopic (exact) mass is 355 g/mol. The van der Waals surface area contributed by atoms with Crippen molar-refractivity contribution < 1.29 is 9.53 Å². The van der Waals surface area contributed by atoms with Gasteiger partial charge in [-0.25, -0.2) is 4.98 Å². The van der Waals surface area contributed by atoms with Gasteiger partial charge < -0.3 is 10.1 Å². The third-order valence-electron chi connectivity index (χ3n) is 4.38. The Bertz CT molecular complexity index is 899. The number of nitrogens with zero attached hydrogens (tertiary/aromatic N) is 2. The molecule has 0 bridgehead atoms. The zero-order valence-electron chi connectivity index (χ0n) is 13.6. The normalized spacial score (nSPS) is 17.1. The highest BCUT2D eigenvalue weighted by molar-refractivity contribution is 6.30. The second kappa shape index (κ2) is 6.86. The first-order valence-electron chi connectivity index (χ1n) is 8.35. The second-order valence-corrected chi connectivity index (χ2v) is 6.53. The number of imidazole rings is 1. The number of carbonyl (C=O) groups is 1. The maximum atomic E-state index is 12.8. The first-order chi connectivity index (χ1) is 12.2. The van der Waals surface area contributed by atoms with E-state index in [1.165, 1.54) is 0 Å². The summed E-state index contributed by atoms with van der Waals surface area (Å²) in [5.74, 6) is -0.191. The van der Waals surface area contributed by atoms with Gasteiger partial charge in [-0.05, 0) is 37.1 Å². The molecule has 1 N–H and O–H groups in total. The summed E-state index contributed by atoms with van der Waals surface area (Å²) >= 11 is 6.00. The van der Waals surface area contributed by atoms with Crippen LogP contribution in [0, 0.1) is 0 Å². The number of aromatic nitrogens is 2. The number of halogens is 1. The molecule has 1 aliphatic rings. The molecule has 6 heteroatoms. The van der Waals surface area contributed by atoms with Crippen molar-refractivity contribution in [2.75, 3.05) is 13.2 Å². The van der Waals surface area contributed by atoms with Crippen LogP contribution in [0.15, 0.2) is 48.7 Å². The SMILES string of the molecule is O=C(NC[C@H]1CCCO1)c1nc2ccccn2c1-c1ccc(Cl)cc1. The Hall–Kier alpha value is -2.37. The number of amides is 1. The first kappa shape index (κ1) is 16.1. The van der Waals surface area contributed by atoms with Crippen LogP contribution in [0.5, 0.6) is 0 Å². The van der Waals surface area contributed by atoms with E-state index in [1.54, 1.807) is 0 Å². The fourth-order valence-corrected chi connectivity index (χ4v) is 3.26. The predicted molar refractivity (Wildman–Crippen MR) is 96.9 cm³/mol. The molecule has 0 saturated carbocycles. The average Bonchev–Trinajstić information content (AvgIpc) is 3.28. The summed E-state index contributed by atoms with van der Waals surface area (Å²) in [5, 5.41) is 3.61. The van der Waals surface area contributed by atoms with Gasteiger partial charge in [0.15, 0.2) is 5.69 Å². The van der Waals surface area contributed by atoms with Crippen molar-refractivity contribution in [2.24, 2.45) is 0 Å². The zero-order valence-corrected chi connectivity index (χ0v) is 14.4. The number of hydrogen-bond acceptors (Lipinski definition) is 3. The molecule has 1 saturated heterocycles. The van der Waals surface area contributed by atoms with Crippen LogP contribution in [0.1, 0.15) is 23.3 Å². The van der Waals surface area contributed by atoms with Crippen LogP contribution in [-0.4, -0.2) is 34.5 Å². The minimum absolute atomic E-state index is 0.0972. The van der Waals surface area contributed by atoms with E-state index in [0.717, 1.165) is 36.4 Å². The van der Waals surface area contributed by atoms with Crippen LogP contribution < -0.4 is 5.32 Å². The standard InChI is InChI=1S/C19H18ClN3O2/c20-14-8-6-13(7-9-14)18-17(22-16-5-1-2-10-23(16)18)19(24)21-12-15-4-3-11-25-15/h1-2,5-10,15H,3-4,11-12H2,(H,21,24)/t15-/m1/s1. The molecule has 25 heavy (non-hydrogen) atoms. The van der Waals surface area contributed by atoms with E-state index in [1.807, 2.05) is 53.1 Å². The van der Waals surface area contributed by atoms with Crippen LogP contribution in [0.3, 0.4) is 0 Å². The Kier molecular flexibility index (Phi) is 4.42. The van der Waals surface area contributed by atoms with Gasteiger partial charge in [0.05, 0.1) is 11.8 Å². The smallest absolute Gasteiger partial charge is 0.272 e. The fourth-order valence-electron chi connectivity index (χ4n) is 3.13. The third-order valence-corrected chi connectivity index (χ3v) is 4.63. The fraction of sp³-hybridized carbons (Fsp3) is 0.263. The van der Waals surface area contributed by atoms with Crippen molar-refractivity contribution in [2.45, 2.75) is 18.9 Å². The lowest BCUT2D eigenvalue weighted by Crippen LogP contribution is -2.32. The predicted octanol–water partition coefficient (Wildman–Crippen LogP) is 3.56. The summed E-state index contributed by atoms with van der Waals surface area (Å²) in [7, 11) is 0. The largest absolute Gasteiger partial charge is 0.376 e. The number of hydrogen-bond donors (Lipinski definition) is 1. The van der Waals surface area contributed by atoms with Crippen molar-refractivity contribution in [1.82, 2.24) is 14.7 Å². The Morgan fingerprint density at radius 2 is 2.12 bits per heavy atom. The van der Waals surface area contributed by atoms with Gasteiger partial charge in [0, 0.05) is 29.9 Å². The molecule has 2 aromatic heterocycles. The van der Waals surface area contributed by atoms with Gasteiger partial charge in [-0.3, -0.25) is 9.20 Å². The van der Waals surface area contributed by atoms with E-state index in [2.05, 4.69) is 10.3 Å². The van der Waals surface area contributed by atoms with E-state index < -0.39 is 0 Å². The highest BCUT2D eigenvalue weighted by Crippen LogP contribution is 2.26. The minimum Gasteiger partial charge on any atom is -0.376 e. The van der Waals surface area contributed by atoms with Gasteiger partial charge in [0.1, 0.15) is 5.65 Å². The van der Waals surface area contributed by atoms with E-state index in [4.69, 9.17) is 16.3 Å². The van der Waals surface area contributed by atoms with Gasteiger partial charge in [-0.2, -0.15) is 0 Å². The van der Waals surface area contributed by atoms with Gasteiger partial charge in [-0.15, -0.1) is 0 Å². The van der Waals surface area contributed by atoms with Crippen LogP contribution in [0.25, 0.3) is 16.9 Å². The van der Waals surface area contributed by atoms with E-state index in [0.29, 0.717) is 17.3 Å². The molecule has 1 fully saturated rings. The van der Waals surface area contributed by atoms with E-state index in [9.17, 15) is 4.79 Å². The van der Waals surface area contributed by atoms with Gasteiger partial charge in [0.2, 0.25) is 0 Å². The molecule has 128 valence electrons. The number of pyridine rings is 1. The van der Waals surface area contributed by atoms with Crippen molar-refractivity contribution in [3.05, 3.63) is 59.4 Å². The summed E-state index contributed by atoms with van der Waals surface area (Å²) in [4.78, 5) is 17.3. The molecule has 1 amide bonds. The third kappa shape index (κ3) is 3.25. The van der Waals surface area contributed by atoms with Crippen LogP contribution >= 0.6 is 11.6 Å². The molecule has 3 heterocycles. The zero-order chi connectivity index (χ0) is 17.2. The van der Waals surface area contributed by atoms with Crippen molar-refractivity contribution in [3.63, 3.8) is 0 Å². The van der Waals surface area contributed by atoms with Crippen LogP contribution in [0.2, 0.25) is 5.02 Å². The lowest BCUT2D eigenvalue weighted by Gasteiger charge is -2.11. The molecule has 5 nitrogen and oxygen atoms in total. The van der Waals surface area contributed by atoms with Gasteiger partial charge in [0.25, 0.3) is 5.91 Å². The Balaban J connectivity index is 1.70. The summed E-state index contributed by atoms with van der Waals surface area (Å²) in [6.45, 7) is 1.28. The second-order valence-electron chi connectivity index (χ2n) is 6.09. The molecule has 1 atom stereocenters.